The van der Waals surface area contributed by atoms with Crippen molar-refractivity contribution in [3.8, 4) is 11.1 Å². The number of esters is 1. The number of carbonyl (C=O) groups excluding carboxylic acids is 3. The largest absolute Gasteiger partial charge is 0.467 e. The minimum atomic E-state index is -0.971. The van der Waals surface area contributed by atoms with E-state index in [1.54, 1.807) is 0 Å². The van der Waals surface area contributed by atoms with Gasteiger partial charge in [0.15, 0.2) is 0 Å². The van der Waals surface area contributed by atoms with Crippen molar-refractivity contribution in [2.24, 2.45) is 5.92 Å². The minimum absolute atomic E-state index is 0. The fourth-order valence-corrected chi connectivity index (χ4v) is 5.69. The lowest BCUT2D eigenvalue weighted by Gasteiger charge is -2.23. The van der Waals surface area contributed by atoms with Gasteiger partial charge in [0.1, 0.15) is 18.7 Å². The second-order valence-corrected chi connectivity index (χ2v) is 11.1. The number of ether oxygens (including phenoxy) is 2. The molecule has 4 aromatic carbocycles. The molecular formula is C35H37ClN2O5. The first-order chi connectivity index (χ1) is 20.3. The van der Waals surface area contributed by atoms with Crippen molar-refractivity contribution < 1.29 is 23.9 Å². The molecule has 0 fully saturated rings. The van der Waals surface area contributed by atoms with Gasteiger partial charge in [-0.2, -0.15) is 0 Å². The first-order valence-corrected chi connectivity index (χ1v) is 14.3. The van der Waals surface area contributed by atoms with E-state index in [0.717, 1.165) is 38.6 Å². The molecule has 2 atom stereocenters. The van der Waals surface area contributed by atoms with E-state index in [2.05, 4.69) is 34.9 Å². The molecule has 0 radical (unpaired) electrons. The Hall–Kier alpha value is -4.36. The molecule has 0 spiro atoms. The zero-order valence-corrected chi connectivity index (χ0v) is 25.4. The van der Waals surface area contributed by atoms with Gasteiger partial charge >= 0.3 is 12.1 Å². The highest BCUT2D eigenvalue weighted by molar-refractivity contribution is 5.90. The van der Waals surface area contributed by atoms with E-state index in [4.69, 9.17) is 9.47 Å². The Balaban J connectivity index is 0.00000423. The highest BCUT2D eigenvalue weighted by atomic mass is 35.5. The summed E-state index contributed by atoms with van der Waals surface area (Å²) in [6.45, 7) is 4.05. The summed E-state index contributed by atoms with van der Waals surface area (Å²) in [7, 11) is 1.29. The molecule has 1 aliphatic rings. The first kappa shape index (κ1) is 31.6. The van der Waals surface area contributed by atoms with Crippen LogP contribution in [0.15, 0.2) is 91.0 Å². The topological polar surface area (TPSA) is 93.7 Å². The van der Waals surface area contributed by atoms with Crippen LogP contribution < -0.4 is 10.6 Å². The van der Waals surface area contributed by atoms with Crippen molar-refractivity contribution in [3.05, 3.63) is 108 Å². The van der Waals surface area contributed by atoms with Crippen LogP contribution in [0, 0.1) is 5.92 Å². The zero-order chi connectivity index (χ0) is 29.6. The van der Waals surface area contributed by atoms with Gasteiger partial charge < -0.3 is 20.1 Å². The van der Waals surface area contributed by atoms with E-state index < -0.39 is 30.1 Å². The zero-order valence-electron chi connectivity index (χ0n) is 24.5. The molecular weight excluding hydrogens is 564 g/mol. The van der Waals surface area contributed by atoms with E-state index in [-0.39, 0.29) is 37.3 Å². The molecule has 2 amide bonds. The Morgan fingerprint density at radius 1 is 0.767 bits per heavy atom. The van der Waals surface area contributed by atoms with Gasteiger partial charge in [-0.1, -0.05) is 105 Å². The number of rotatable bonds is 10. The molecule has 0 bridgehead atoms. The number of carbonyl (C=O) groups is 3. The lowest BCUT2D eigenvalue weighted by molar-refractivity contribution is -0.145. The van der Waals surface area contributed by atoms with Crippen molar-refractivity contribution in [2.75, 3.05) is 13.7 Å². The third kappa shape index (κ3) is 7.35. The van der Waals surface area contributed by atoms with E-state index in [0.29, 0.717) is 6.42 Å². The van der Waals surface area contributed by atoms with Gasteiger partial charge in [-0.05, 0) is 50.9 Å². The highest BCUT2D eigenvalue weighted by Crippen LogP contribution is 2.44. The second-order valence-electron chi connectivity index (χ2n) is 11.1. The van der Waals surface area contributed by atoms with Crippen LogP contribution >= 0.6 is 12.4 Å². The molecule has 2 N–H and O–H groups in total. The summed E-state index contributed by atoms with van der Waals surface area (Å²) in [5, 5.41) is 7.69. The van der Waals surface area contributed by atoms with E-state index in [1.807, 2.05) is 80.6 Å². The molecule has 5 rings (SSSR count). The number of amides is 2. The number of fused-ring (bicyclic) bond motifs is 4. The lowest BCUT2D eigenvalue weighted by atomic mass is 9.98. The predicted molar refractivity (Wildman–Crippen MR) is 170 cm³/mol. The van der Waals surface area contributed by atoms with Crippen LogP contribution in [0.25, 0.3) is 21.9 Å². The summed E-state index contributed by atoms with van der Waals surface area (Å²) >= 11 is 0. The number of methoxy groups -OCH3 is 1. The van der Waals surface area contributed by atoms with Crippen molar-refractivity contribution in [3.63, 3.8) is 0 Å². The maximum absolute atomic E-state index is 13.6. The Kier molecular flexibility index (Phi) is 10.4. The molecule has 4 aromatic rings. The third-order valence-corrected chi connectivity index (χ3v) is 7.72. The van der Waals surface area contributed by atoms with Crippen LogP contribution in [0.5, 0.6) is 0 Å². The molecule has 43 heavy (non-hydrogen) atoms. The lowest BCUT2D eigenvalue weighted by Crippen LogP contribution is -2.53. The number of benzene rings is 4. The third-order valence-electron chi connectivity index (χ3n) is 7.72. The summed E-state index contributed by atoms with van der Waals surface area (Å²) in [6, 6.07) is 28.3. The van der Waals surface area contributed by atoms with E-state index >= 15 is 0 Å². The molecule has 0 aromatic heterocycles. The molecule has 8 heteroatoms. The Morgan fingerprint density at radius 2 is 1.37 bits per heavy atom. The summed E-state index contributed by atoms with van der Waals surface area (Å²) in [5.41, 5.74) is 5.34. The van der Waals surface area contributed by atoms with Crippen molar-refractivity contribution in [1.29, 1.82) is 0 Å². The molecule has 0 unspecified atom stereocenters. The van der Waals surface area contributed by atoms with Gasteiger partial charge in [0.25, 0.3) is 0 Å². The molecule has 0 saturated heterocycles. The van der Waals surface area contributed by atoms with Gasteiger partial charge in [-0.3, -0.25) is 4.79 Å². The molecule has 224 valence electrons. The van der Waals surface area contributed by atoms with Crippen LogP contribution in [0.2, 0.25) is 0 Å². The number of hydrogen-bond donors (Lipinski definition) is 2. The normalized spacial score (nSPS) is 13.3. The summed E-state index contributed by atoms with van der Waals surface area (Å²) in [5.74, 6) is -0.968. The summed E-state index contributed by atoms with van der Waals surface area (Å²) in [6.07, 6.45) is -0.0704. The molecule has 0 aliphatic heterocycles. The SMILES string of the molecule is COC(=O)[C@H](CC(C)C)NC(=O)[C@@H](Cc1ccc2ccccc2c1)NC(=O)OCC1c2ccccc2-c2ccccc21.Cl. The van der Waals surface area contributed by atoms with Crippen molar-refractivity contribution >= 4 is 41.1 Å². The van der Waals surface area contributed by atoms with Gasteiger partial charge in [0, 0.05) is 12.3 Å². The van der Waals surface area contributed by atoms with Gasteiger partial charge in [0.2, 0.25) is 5.91 Å². The van der Waals surface area contributed by atoms with E-state index in [9.17, 15) is 14.4 Å². The predicted octanol–water partition coefficient (Wildman–Crippen LogP) is 6.42. The van der Waals surface area contributed by atoms with Crippen molar-refractivity contribution in [2.45, 2.75) is 44.7 Å². The molecule has 0 saturated carbocycles. The average molecular weight is 601 g/mol. The number of nitrogens with one attached hydrogen (secondary N) is 2. The van der Waals surface area contributed by atoms with Crippen LogP contribution in [-0.4, -0.2) is 43.8 Å². The van der Waals surface area contributed by atoms with Crippen LogP contribution in [-0.2, 0) is 25.5 Å². The molecule has 0 heterocycles. The van der Waals surface area contributed by atoms with Crippen LogP contribution in [0.4, 0.5) is 4.79 Å². The summed E-state index contributed by atoms with van der Waals surface area (Å²) in [4.78, 5) is 39.2. The molecule has 1 aliphatic carbocycles. The maximum atomic E-state index is 13.6. The van der Waals surface area contributed by atoms with Crippen LogP contribution in [0.1, 0.15) is 42.9 Å². The Bertz CT molecular complexity index is 1560. The highest BCUT2D eigenvalue weighted by Gasteiger charge is 2.31. The van der Waals surface area contributed by atoms with Gasteiger partial charge in [-0.25, -0.2) is 9.59 Å². The first-order valence-electron chi connectivity index (χ1n) is 14.3. The average Bonchev–Trinajstić information content (AvgIpc) is 3.32. The number of halogens is 1. The standard InChI is InChI=1S/C35H36N2O5.ClH/c1-22(2)18-32(34(39)41-3)36-33(38)31(20-23-16-17-24-10-4-5-11-25(24)19-23)37-35(40)42-21-30-28-14-8-6-12-26(28)27-13-7-9-15-29(27)30;/h4-17,19,22,30-32H,18,20-21H2,1-3H3,(H,36,38)(H,37,40);1H/t31-,32+;/m1./s1. The summed E-state index contributed by atoms with van der Waals surface area (Å²) < 4.78 is 10.7. The Labute approximate surface area is 258 Å². The van der Waals surface area contributed by atoms with Crippen molar-refractivity contribution in [1.82, 2.24) is 10.6 Å². The van der Waals surface area contributed by atoms with Gasteiger partial charge in [-0.15, -0.1) is 12.4 Å². The smallest absolute Gasteiger partial charge is 0.407 e. The number of hydrogen-bond acceptors (Lipinski definition) is 5. The van der Waals surface area contributed by atoms with Crippen LogP contribution in [0.3, 0.4) is 0 Å². The number of alkyl carbamates (subject to hydrolysis) is 1. The fraction of sp³-hybridized carbons (Fsp3) is 0.286. The second kappa shape index (κ2) is 14.2. The monoisotopic (exact) mass is 600 g/mol. The Morgan fingerprint density at radius 3 is 2.00 bits per heavy atom. The minimum Gasteiger partial charge on any atom is -0.467 e. The quantitative estimate of drug-likeness (QED) is 0.205. The molecule has 7 nitrogen and oxygen atoms in total. The van der Waals surface area contributed by atoms with E-state index in [1.165, 1.54) is 7.11 Å². The fourth-order valence-electron chi connectivity index (χ4n) is 5.69. The van der Waals surface area contributed by atoms with Gasteiger partial charge in [0.05, 0.1) is 7.11 Å². The maximum Gasteiger partial charge on any atom is 0.407 e.